The lowest BCUT2D eigenvalue weighted by atomic mass is 9.90. The molecule has 1 aliphatic carbocycles. The van der Waals surface area contributed by atoms with Crippen LogP contribution < -0.4 is 31.6 Å². The maximum Gasteiger partial charge on any atom is 0.258 e. The van der Waals surface area contributed by atoms with Crippen LogP contribution in [0.1, 0.15) is 41.6 Å². The minimum atomic E-state index is -0.341. The quantitative estimate of drug-likeness (QED) is 0.286. The lowest BCUT2D eigenvalue weighted by Gasteiger charge is -2.30. The molecule has 1 fully saturated rings. The summed E-state index contributed by atoms with van der Waals surface area (Å²) in [5.74, 6) is 1.73. The second-order valence-corrected chi connectivity index (χ2v) is 8.60. The van der Waals surface area contributed by atoms with Crippen molar-refractivity contribution >= 4 is 59.3 Å². The molecule has 36 heavy (non-hydrogen) atoms. The number of hydrogen-bond donors (Lipinski definition) is 4. The molecule has 0 radical (unpaired) electrons. The lowest BCUT2D eigenvalue weighted by Crippen LogP contribution is -2.38. The van der Waals surface area contributed by atoms with Crippen LogP contribution in [0.2, 0.25) is 0 Å². The van der Waals surface area contributed by atoms with Crippen molar-refractivity contribution in [1.82, 2.24) is 9.97 Å². The van der Waals surface area contributed by atoms with Gasteiger partial charge in [-0.3, -0.25) is 10.1 Å². The molecule has 1 aromatic heterocycles. The summed E-state index contributed by atoms with van der Waals surface area (Å²) < 4.78 is 10.7. The predicted octanol–water partition coefficient (Wildman–Crippen LogP) is 3.76. The number of carbonyl (C=O) groups excluding carboxylic acids is 1. The zero-order chi connectivity index (χ0) is 23.7. The van der Waals surface area contributed by atoms with E-state index in [4.69, 9.17) is 20.9 Å². The second kappa shape index (κ2) is 11.5. The molecule has 0 bridgehead atoms. The Morgan fingerprint density at radius 1 is 1.03 bits per heavy atom. The third-order valence-electron chi connectivity index (χ3n) is 6.08. The fraction of sp³-hybridized carbons (Fsp3) is 0.333. The molecule has 12 heteroatoms. The van der Waals surface area contributed by atoms with Crippen molar-refractivity contribution in [2.45, 2.75) is 44.7 Å². The van der Waals surface area contributed by atoms with E-state index in [2.05, 4.69) is 25.6 Å². The molecular weight excluding hydrogens is 505 g/mol. The normalized spacial score (nSPS) is 17.9. The highest BCUT2D eigenvalue weighted by Crippen LogP contribution is 2.33. The number of guanidine groups is 1. The number of carbonyl (C=O) groups is 1. The van der Waals surface area contributed by atoms with E-state index in [9.17, 15) is 4.79 Å². The fourth-order valence-corrected chi connectivity index (χ4v) is 4.42. The zero-order valence-corrected chi connectivity index (χ0v) is 21.3. The molecule has 6 N–H and O–H groups in total. The number of nitrogens with zero attached hydrogens (tertiary/aromatic N) is 3. The molecule has 2 aromatic carbocycles. The molecule has 1 aliphatic heterocycles. The van der Waals surface area contributed by atoms with Crippen LogP contribution >= 0.6 is 24.8 Å². The number of hydrogen-bond acceptors (Lipinski definition) is 7. The topological polar surface area (TPSA) is 150 Å². The molecule has 0 spiro atoms. The number of aliphatic imine (C=N–C) groups is 1. The van der Waals surface area contributed by atoms with Gasteiger partial charge in [-0.25, -0.2) is 9.98 Å². The Morgan fingerprint density at radius 2 is 1.81 bits per heavy atom. The number of nitrogens with one attached hydrogen (secondary N) is 2. The number of ether oxygens (including phenoxy) is 2. The Bertz CT molecular complexity index is 1280. The summed E-state index contributed by atoms with van der Waals surface area (Å²) in [6, 6.07) is 10.9. The predicted molar refractivity (Wildman–Crippen MR) is 145 cm³/mol. The standard InChI is InChI=1S/C24H27N7O3.2ClH/c1-13-6-8-16-15(10-13)21(27-17-4-2-3-5-18(17)28-23(25)26)30-24(29-16)31-22(32)14-7-9-19-20(11-14)34-12-33-19;;/h6-11,17-18H,2-5,12H2,1H3,(H4,25,26,28)(H2,27,29,30,31,32);2*1H/t17-,18+;;/m0../s1. The van der Waals surface area contributed by atoms with Crippen molar-refractivity contribution in [3.63, 3.8) is 0 Å². The molecule has 1 saturated carbocycles. The monoisotopic (exact) mass is 533 g/mol. The van der Waals surface area contributed by atoms with Gasteiger partial charge in [-0.05, 0) is 50.1 Å². The summed E-state index contributed by atoms with van der Waals surface area (Å²) >= 11 is 0. The fourth-order valence-electron chi connectivity index (χ4n) is 4.42. The molecule has 5 rings (SSSR count). The van der Waals surface area contributed by atoms with Crippen LogP contribution in [0.5, 0.6) is 11.5 Å². The largest absolute Gasteiger partial charge is 0.454 e. The first kappa shape index (κ1) is 27.1. The van der Waals surface area contributed by atoms with Crippen LogP contribution in [0, 0.1) is 6.92 Å². The van der Waals surface area contributed by atoms with Gasteiger partial charge in [0.25, 0.3) is 5.91 Å². The van der Waals surface area contributed by atoms with Gasteiger partial charge in [0, 0.05) is 10.9 Å². The van der Waals surface area contributed by atoms with Crippen LogP contribution in [0.25, 0.3) is 10.9 Å². The molecule has 1 amide bonds. The molecule has 0 saturated heterocycles. The highest BCUT2D eigenvalue weighted by Gasteiger charge is 2.26. The van der Waals surface area contributed by atoms with E-state index in [-0.39, 0.29) is 61.5 Å². The van der Waals surface area contributed by atoms with Gasteiger partial charge in [-0.15, -0.1) is 24.8 Å². The van der Waals surface area contributed by atoms with Crippen LogP contribution in [0.3, 0.4) is 0 Å². The van der Waals surface area contributed by atoms with Gasteiger partial charge in [0.2, 0.25) is 12.7 Å². The molecule has 2 aliphatic rings. The first-order valence-electron chi connectivity index (χ1n) is 11.3. The Kier molecular flexibility index (Phi) is 8.65. The molecule has 10 nitrogen and oxygen atoms in total. The van der Waals surface area contributed by atoms with E-state index in [0.29, 0.717) is 22.9 Å². The van der Waals surface area contributed by atoms with Gasteiger partial charge in [-0.2, -0.15) is 4.98 Å². The molecule has 2 heterocycles. The smallest absolute Gasteiger partial charge is 0.258 e. The number of anilines is 2. The van der Waals surface area contributed by atoms with E-state index >= 15 is 0 Å². The summed E-state index contributed by atoms with van der Waals surface area (Å²) in [5.41, 5.74) is 13.6. The molecule has 0 unspecified atom stereocenters. The first-order chi connectivity index (χ1) is 16.5. The van der Waals surface area contributed by atoms with Crippen LogP contribution in [-0.2, 0) is 0 Å². The molecule has 192 valence electrons. The summed E-state index contributed by atoms with van der Waals surface area (Å²) in [6.07, 6.45) is 3.95. The first-order valence-corrected chi connectivity index (χ1v) is 11.3. The van der Waals surface area contributed by atoms with E-state index < -0.39 is 0 Å². The van der Waals surface area contributed by atoms with Gasteiger partial charge in [-0.1, -0.05) is 24.5 Å². The van der Waals surface area contributed by atoms with Gasteiger partial charge < -0.3 is 26.3 Å². The van der Waals surface area contributed by atoms with Crippen molar-refractivity contribution in [2.75, 3.05) is 17.4 Å². The summed E-state index contributed by atoms with van der Waals surface area (Å²) in [7, 11) is 0. The number of nitrogens with two attached hydrogens (primary N) is 2. The Hall–Kier alpha value is -3.50. The number of fused-ring (bicyclic) bond motifs is 2. The van der Waals surface area contributed by atoms with E-state index in [0.717, 1.165) is 42.1 Å². The van der Waals surface area contributed by atoms with Crippen LogP contribution in [-0.4, -0.2) is 40.7 Å². The summed E-state index contributed by atoms with van der Waals surface area (Å²) in [4.78, 5) is 26.6. The average molecular weight is 534 g/mol. The van der Waals surface area contributed by atoms with Crippen molar-refractivity contribution in [1.29, 1.82) is 0 Å². The molecular formula is C24H29Cl2N7O3. The Balaban J connectivity index is 0.00000180. The van der Waals surface area contributed by atoms with Crippen LogP contribution in [0.4, 0.5) is 11.8 Å². The van der Waals surface area contributed by atoms with Gasteiger partial charge in [0.05, 0.1) is 17.6 Å². The highest BCUT2D eigenvalue weighted by molar-refractivity contribution is 6.04. The van der Waals surface area contributed by atoms with Gasteiger partial charge in [0.15, 0.2) is 17.5 Å². The SMILES string of the molecule is Cc1ccc2nc(NC(=O)c3ccc4c(c3)OCO4)nc(N[C@H]3CCCC[C@H]3N=C(N)N)c2c1.Cl.Cl. The number of rotatable bonds is 5. The van der Waals surface area contributed by atoms with Gasteiger partial charge >= 0.3 is 0 Å². The van der Waals surface area contributed by atoms with Crippen molar-refractivity contribution in [3.8, 4) is 11.5 Å². The zero-order valence-electron chi connectivity index (χ0n) is 19.7. The van der Waals surface area contributed by atoms with E-state index in [1.807, 2.05) is 25.1 Å². The number of amides is 1. The van der Waals surface area contributed by atoms with Gasteiger partial charge in [0.1, 0.15) is 5.82 Å². The maximum absolute atomic E-state index is 12.9. The minimum absolute atomic E-state index is 0. The number of benzene rings is 2. The van der Waals surface area contributed by atoms with E-state index in [1.165, 1.54) is 0 Å². The lowest BCUT2D eigenvalue weighted by molar-refractivity contribution is 0.102. The van der Waals surface area contributed by atoms with Crippen LogP contribution in [0.15, 0.2) is 41.4 Å². The van der Waals surface area contributed by atoms with E-state index in [1.54, 1.807) is 18.2 Å². The maximum atomic E-state index is 12.9. The third kappa shape index (κ3) is 5.83. The minimum Gasteiger partial charge on any atom is -0.454 e. The van der Waals surface area contributed by atoms with Crippen molar-refractivity contribution < 1.29 is 14.3 Å². The average Bonchev–Trinajstić information content (AvgIpc) is 3.28. The second-order valence-electron chi connectivity index (χ2n) is 8.60. The molecule has 2 atom stereocenters. The molecule has 3 aromatic rings. The van der Waals surface area contributed by atoms with Crippen molar-refractivity contribution in [2.24, 2.45) is 16.5 Å². The highest BCUT2D eigenvalue weighted by atomic mass is 35.5. The number of aryl methyl sites for hydroxylation is 1. The summed E-state index contributed by atoms with van der Waals surface area (Å²) in [6.45, 7) is 2.16. The van der Waals surface area contributed by atoms with Crippen molar-refractivity contribution in [3.05, 3.63) is 47.5 Å². The Labute approximate surface area is 221 Å². The summed E-state index contributed by atoms with van der Waals surface area (Å²) in [5, 5.41) is 7.22. The number of aromatic nitrogens is 2. The Morgan fingerprint density at radius 3 is 2.61 bits per heavy atom. The number of halogens is 2. The third-order valence-corrected chi connectivity index (χ3v) is 6.08.